The highest BCUT2D eigenvalue weighted by atomic mass is 32.2. The molecule has 4 rings (SSSR count). The van der Waals surface area contributed by atoms with Crippen molar-refractivity contribution in [3.63, 3.8) is 0 Å². The molecule has 178 valence electrons. The van der Waals surface area contributed by atoms with E-state index in [1.54, 1.807) is 19.1 Å². The molecule has 33 heavy (non-hydrogen) atoms. The van der Waals surface area contributed by atoms with E-state index in [4.69, 9.17) is 4.74 Å². The molecule has 1 aromatic carbocycles. The second-order valence-corrected chi connectivity index (χ2v) is 10.9. The summed E-state index contributed by atoms with van der Waals surface area (Å²) in [6, 6.07) is 6.30. The lowest BCUT2D eigenvalue weighted by atomic mass is 9.95. The van der Waals surface area contributed by atoms with Gasteiger partial charge in [0, 0.05) is 11.9 Å². The van der Waals surface area contributed by atoms with Gasteiger partial charge < -0.3 is 9.84 Å². The van der Waals surface area contributed by atoms with E-state index >= 15 is 0 Å². The Balaban J connectivity index is 1.70. The molecule has 0 saturated heterocycles. The fourth-order valence-electron chi connectivity index (χ4n) is 4.46. The Bertz CT molecular complexity index is 1160. The van der Waals surface area contributed by atoms with Gasteiger partial charge >= 0.3 is 12.1 Å². The molecule has 0 aliphatic heterocycles. The zero-order chi connectivity index (χ0) is 24.0. The number of halogens is 3. The van der Waals surface area contributed by atoms with E-state index in [1.165, 1.54) is 12.3 Å². The molecule has 0 bridgehead atoms. The Morgan fingerprint density at radius 2 is 1.82 bits per heavy atom. The number of carboxylic acids is 1. The minimum Gasteiger partial charge on any atom is -0.481 e. The lowest BCUT2D eigenvalue weighted by Crippen LogP contribution is -2.33. The summed E-state index contributed by atoms with van der Waals surface area (Å²) >= 11 is 0. The van der Waals surface area contributed by atoms with Gasteiger partial charge in [-0.05, 0) is 74.4 Å². The first kappa shape index (κ1) is 23.7. The molecular formula is C23H24F3NO5S. The molecule has 2 fully saturated rings. The fraction of sp³-hybridized carbons (Fsp3) is 0.478. The van der Waals surface area contributed by atoms with E-state index in [-0.39, 0.29) is 24.5 Å². The summed E-state index contributed by atoms with van der Waals surface area (Å²) in [5.74, 6) is -2.27. The topological polar surface area (TPSA) is 93.6 Å². The molecule has 1 aromatic heterocycles. The second kappa shape index (κ2) is 8.72. The number of hydrogen-bond acceptors (Lipinski definition) is 5. The van der Waals surface area contributed by atoms with Crippen molar-refractivity contribution in [1.29, 1.82) is 0 Å². The molecule has 1 N–H and O–H groups in total. The van der Waals surface area contributed by atoms with E-state index in [9.17, 15) is 31.5 Å². The molecule has 3 atom stereocenters. The van der Waals surface area contributed by atoms with E-state index in [0.29, 0.717) is 11.3 Å². The summed E-state index contributed by atoms with van der Waals surface area (Å²) in [4.78, 5) is 14.9. The maximum absolute atomic E-state index is 14.0. The van der Waals surface area contributed by atoms with Crippen LogP contribution in [0.4, 0.5) is 13.2 Å². The largest absolute Gasteiger partial charge is 0.481 e. The predicted octanol–water partition coefficient (Wildman–Crippen LogP) is 4.65. The first-order chi connectivity index (χ1) is 15.5. The minimum absolute atomic E-state index is 0.118. The van der Waals surface area contributed by atoms with Gasteiger partial charge in [-0.3, -0.25) is 9.78 Å². The van der Waals surface area contributed by atoms with Crippen molar-refractivity contribution >= 4 is 15.8 Å². The van der Waals surface area contributed by atoms with Gasteiger partial charge in [0.25, 0.3) is 0 Å². The Labute approximate surface area is 189 Å². The van der Waals surface area contributed by atoms with Crippen LogP contribution in [0.2, 0.25) is 0 Å². The van der Waals surface area contributed by atoms with Gasteiger partial charge in [0.2, 0.25) is 0 Å². The first-order valence-electron chi connectivity index (χ1n) is 10.7. The van der Waals surface area contributed by atoms with Crippen LogP contribution >= 0.6 is 0 Å². The number of hydrogen-bond donors (Lipinski definition) is 1. The maximum Gasteiger partial charge on any atom is 0.417 e. The number of carboxylic acid groups (broad SMARTS) is 1. The second-order valence-electron chi connectivity index (χ2n) is 8.71. The van der Waals surface area contributed by atoms with Gasteiger partial charge in [-0.1, -0.05) is 6.07 Å². The number of aliphatic carboxylic acids is 1. The van der Waals surface area contributed by atoms with Crippen molar-refractivity contribution in [3.05, 3.63) is 47.8 Å². The third-order valence-corrected chi connectivity index (χ3v) is 8.69. The predicted molar refractivity (Wildman–Crippen MR) is 113 cm³/mol. The molecule has 2 aromatic rings. The fourth-order valence-corrected chi connectivity index (χ4v) is 6.46. The molecule has 1 heterocycles. The number of aryl methyl sites for hydroxylation is 1. The molecule has 0 unspecified atom stereocenters. The zero-order valence-electron chi connectivity index (χ0n) is 17.9. The first-order valence-corrected chi connectivity index (χ1v) is 12.3. The molecule has 2 aliphatic carbocycles. The smallest absolute Gasteiger partial charge is 0.417 e. The number of sulfone groups is 1. The normalized spacial score (nSPS) is 23.9. The number of aromatic nitrogens is 1. The SMILES string of the molecule is Cc1cc(-c2ccc(S(=O)(=O)[C@H]3C[C@@H](OC4CCC4)[C@H](C(=O)O)C3)c(C(F)(F)F)c2)ccn1. The van der Waals surface area contributed by atoms with Crippen LogP contribution in [0.15, 0.2) is 41.4 Å². The molecular weight excluding hydrogens is 459 g/mol. The van der Waals surface area contributed by atoms with Crippen LogP contribution in [0.3, 0.4) is 0 Å². The van der Waals surface area contributed by atoms with Crippen LogP contribution in [0.25, 0.3) is 11.1 Å². The Kier molecular flexibility index (Phi) is 6.26. The monoisotopic (exact) mass is 483 g/mol. The number of nitrogens with zero attached hydrogens (tertiary/aromatic N) is 1. The molecule has 10 heteroatoms. The molecule has 2 saturated carbocycles. The van der Waals surface area contributed by atoms with Crippen molar-refractivity contribution in [2.24, 2.45) is 5.92 Å². The number of carbonyl (C=O) groups is 1. The van der Waals surface area contributed by atoms with Crippen molar-refractivity contribution in [2.45, 2.75) is 67.6 Å². The number of ether oxygens (including phenoxy) is 1. The van der Waals surface area contributed by atoms with E-state index in [0.717, 1.165) is 31.4 Å². The third kappa shape index (κ3) is 4.77. The molecule has 0 amide bonds. The van der Waals surface area contributed by atoms with Crippen LogP contribution < -0.4 is 0 Å². The van der Waals surface area contributed by atoms with Crippen LogP contribution in [0, 0.1) is 12.8 Å². The van der Waals surface area contributed by atoms with Crippen LogP contribution in [-0.2, 0) is 25.5 Å². The lowest BCUT2D eigenvalue weighted by molar-refractivity contribution is -0.149. The average Bonchev–Trinajstić information content (AvgIpc) is 3.15. The zero-order valence-corrected chi connectivity index (χ0v) is 18.7. The number of benzene rings is 1. The van der Waals surface area contributed by atoms with E-state index in [1.807, 2.05) is 0 Å². The quantitative estimate of drug-likeness (QED) is 0.643. The highest BCUT2D eigenvalue weighted by Gasteiger charge is 2.48. The van der Waals surface area contributed by atoms with Gasteiger partial charge in [0.15, 0.2) is 9.84 Å². The van der Waals surface area contributed by atoms with Gasteiger partial charge in [-0.25, -0.2) is 8.42 Å². The van der Waals surface area contributed by atoms with Crippen molar-refractivity contribution in [3.8, 4) is 11.1 Å². The van der Waals surface area contributed by atoms with Crippen LogP contribution in [0.1, 0.15) is 43.4 Å². The summed E-state index contributed by atoms with van der Waals surface area (Å²) < 4.78 is 74.3. The Hall–Kier alpha value is -2.46. The molecule has 2 aliphatic rings. The standard InChI is InChI=1S/C23H24F3NO5S/c1-13-9-15(7-8-27-13)14-5-6-21(19(10-14)23(24,25)26)33(30,31)17-11-18(22(28)29)20(12-17)32-16-3-2-4-16/h5-10,16-18,20H,2-4,11-12H2,1H3,(H,28,29)/t17-,18-,20-/m1/s1. The van der Waals surface area contributed by atoms with E-state index in [2.05, 4.69) is 4.98 Å². The molecule has 6 nitrogen and oxygen atoms in total. The number of pyridine rings is 1. The lowest BCUT2D eigenvalue weighted by Gasteiger charge is -2.30. The van der Waals surface area contributed by atoms with Crippen molar-refractivity contribution in [2.75, 3.05) is 0 Å². The third-order valence-electron chi connectivity index (χ3n) is 6.46. The Morgan fingerprint density at radius 1 is 1.12 bits per heavy atom. The van der Waals surface area contributed by atoms with Crippen LogP contribution in [0.5, 0.6) is 0 Å². The summed E-state index contributed by atoms with van der Waals surface area (Å²) in [6.45, 7) is 1.70. The van der Waals surface area contributed by atoms with Crippen LogP contribution in [-0.4, -0.2) is 41.9 Å². The average molecular weight is 484 g/mol. The summed E-state index contributed by atoms with van der Waals surface area (Å²) in [6.07, 6.45) is -2.32. The number of rotatable bonds is 6. The van der Waals surface area contributed by atoms with Crippen molar-refractivity contribution < 1.29 is 36.2 Å². The highest BCUT2D eigenvalue weighted by Crippen LogP contribution is 2.43. The maximum atomic E-state index is 14.0. The summed E-state index contributed by atoms with van der Waals surface area (Å²) in [5.41, 5.74) is 0.0520. The van der Waals surface area contributed by atoms with Gasteiger partial charge in [0.1, 0.15) is 0 Å². The summed E-state index contributed by atoms with van der Waals surface area (Å²) in [7, 11) is -4.46. The molecule has 0 spiro atoms. The minimum atomic E-state index is -4.91. The highest BCUT2D eigenvalue weighted by molar-refractivity contribution is 7.92. The Morgan fingerprint density at radius 3 is 2.39 bits per heavy atom. The van der Waals surface area contributed by atoms with Gasteiger partial charge in [-0.2, -0.15) is 13.2 Å². The van der Waals surface area contributed by atoms with Gasteiger partial charge in [0.05, 0.1) is 33.8 Å². The summed E-state index contributed by atoms with van der Waals surface area (Å²) in [5, 5.41) is 8.29. The molecule has 0 radical (unpaired) electrons. The number of alkyl halides is 3. The van der Waals surface area contributed by atoms with Gasteiger partial charge in [-0.15, -0.1) is 0 Å². The van der Waals surface area contributed by atoms with Crippen molar-refractivity contribution in [1.82, 2.24) is 4.98 Å². The van der Waals surface area contributed by atoms with E-state index < -0.39 is 49.7 Å².